The molecule has 3 N–H and O–H groups in total. The average molecular weight is 438 g/mol. The Morgan fingerprint density at radius 1 is 1.06 bits per heavy atom. The first-order valence-electron chi connectivity index (χ1n) is 10.3. The zero-order chi connectivity index (χ0) is 22.0. The number of carbonyl (C=O) groups excluding carboxylic acids is 2. The summed E-state index contributed by atoms with van der Waals surface area (Å²) in [6, 6.07) is 13.2. The van der Waals surface area contributed by atoms with Crippen LogP contribution in [0.2, 0.25) is 5.02 Å². The third kappa shape index (κ3) is 5.11. The van der Waals surface area contributed by atoms with E-state index in [4.69, 9.17) is 11.6 Å². The van der Waals surface area contributed by atoms with Gasteiger partial charge < -0.3 is 10.6 Å². The topological polar surface area (TPSA) is 99.8 Å². The van der Waals surface area contributed by atoms with Crippen molar-refractivity contribution in [1.29, 1.82) is 0 Å². The van der Waals surface area contributed by atoms with Crippen molar-refractivity contribution in [3.8, 4) is 11.4 Å². The van der Waals surface area contributed by atoms with Gasteiger partial charge in [0.05, 0.1) is 0 Å². The quantitative estimate of drug-likeness (QED) is 0.510. The molecule has 31 heavy (non-hydrogen) atoms. The Morgan fingerprint density at radius 3 is 2.35 bits per heavy atom. The molecule has 1 fully saturated rings. The fourth-order valence-electron chi connectivity index (χ4n) is 3.23. The second kappa shape index (κ2) is 8.89. The highest BCUT2D eigenvalue weighted by molar-refractivity contribution is 6.30. The summed E-state index contributed by atoms with van der Waals surface area (Å²) >= 11 is 5.88. The van der Waals surface area contributed by atoms with Crippen LogP contribution in [0.1, 0.15) is 48.8 Å². The molecule has 0 radical (unpaired) electrons. The molecule has 1 aliphatic carbocycles. The second-order valence-corrected chi connectivity index (χ2v) is 8.52. The van der Waals surface area contributed by atoms with Crippen LogP contribution in [0.5, 0.6) is 0 Å². The molecule has 0 spiro atoms. The fraction of sp³-hybridized carbons (Fsp3) is 0.304. The minimum Gasteiger partial charge on any atom is -0.340 e. The van der Waals surface area contributed by atoms with Gasteiger partial charge in [-0.15, -0.1) is 0 Å². The lowest BCUT2D eigenvalue weighted by molar-refractivity contribution is -0.118. The highest BCUT2D eigenvalue weighted by Crippen LogP contribution is 2.38. The lowest BCUT2D eigenvalue weighted by atomic mass is 10.0. The Labute approximate surface area is 185 Å². The fourth-order valence-corrected chi connectivity index (χ4v) is 3.35. The van der Waals surface area contributed by atoms with Gasteiger partial charge >= 0.3 is 0 Å². The van der Waals surface area contributed by atoms with E-state index < -0.39 is 6.04 Å². The van der Waals surface area contributed by atoms with Gasteiger partial charge in [0, 0.05) is 27.8 Å². The lowest BCUT2D eigenvalue weighted by Gasteiger charge is -2.22. The van der Waals surface area contributed by atoms with Crippen molar-refractivity contribution >= 4 is 29.1 Å². The Balaban J connectivity index is 1.40. The largest absolute Gasteiger partial charge is 0.340 e. The summed E-state index contributed by atoms with van der Waals surface area (Å²) in [5.74, 6) is 1.40. The molecule has 0 bridgehead atoms. The number of benzene rings is 2. The molecule has 4 rings (SSSR count). The number of nitrogens with one attached hydrogen (secondary N) is 3. The predicted molar refractivity (Wildman–Crippen MR) is 120 cm³/mol. The minimum absolute atomic E-state index is 0.0929. The summed E-state index contributed by atoms with van der Waals surface area (Å²) in [7, 11) is 0. The Hall–Kier alpha value is -3.19. The second-order valence-electron chi connectivity index (χ2n) is 8.09. The van der Waals surface area contributed by atoms with Crippen LogP contribution in [0.15, 0.2) is 48.5 Å². The van der Waals surface area contributed by atoms with E-state index in [9.17, 15) is 9.59 Å². The summed E-state index contributed by atoms with van der Waals surface area (Å²) in [6.45, 7) is 3.77. The number of halogens is 1. The van der Waals surface area contributed by atoms with Gasteiger partial charge in [0.15, 0.2) is 5.82 Å². The predicted octanol–water partition coefficient (Wildman–Crippen LogP) is 4.40. The van der Waals surface area contributed by atoms with Crippen LogP contribution in [0, 0.1) is 5.92 Å². The highest BCUT2D eigenvalue weighted by Gasteiger charge is 2.27. The molecule has 0 aliphatic heterocycles. The number of hydrogen-bond acceptors (Lipinski definition) is 4. The van der Waals surface area contributed by atoms with Crippen LogP contribution < -0.4 is 10.6 Å². The average Bonchev–Trinajstić information content (AvgIpc) is 3.49. The molecule has 1 atom stereocenters. The van der Waals surface area contributed by atoms with Crippen LogP contribution in [0.25, 0.3) is 11.4 Å². The molecular weight excluding hydrogens is 414 g/mol. The first-order valence-corrected chi connectivity index (χ1v) is 10.7. The Kier molecular flexibility index (Phi) is 6.04. The monoisotopic (exact) mass is 437 g/mol. The van der Waals surface area contributed by atoms with Crippen molar-refractivity contribution in [2.45, 2.75) is 38.6 Å². The molecule has 1 heterocycles. The van der Waals surface area contributed by atoms with E-state index in [1.807, 2.05) is 26.0 Å². The number of aromatic amines is 1. The summed E-state index contributed by atoms with van der Waals surface area (Å²) in [5, 5.41) is 13.5. The molecule has 3 aromatic rings. The van der Waals surface area contributed by atoms with Gasteiger partial charge in [-0.25, -0.2) is 4.98 Å². The SMILES string of the molecule is CC(C)C(NC(=O)c1ccc(Cl)cc1)C(=O)Nc1ccc(-c2n[nH]c(C3CC3)n2)cc1. The molecule has 160 valence electrons. The maximum Gasteiger partial charge on any atom is 0.251 e. The van der Waals surface area contributed by atoms with E-state index in [2.05, 4.69) is 25.8 Å². The third-order valence-corrected chi connectivity index (χ3v) is 5.47. The number of rotatable bonds is 7. The van der Waals surface area contributed by atoms with Gasteiger partial charge in [0.2, 0.25) is 5.91 Å². The highest BCUT2D eigenvalue weighted by atomic mass is 35.5. The van der Waals surface area contributed by atoms with Crippen LogP contribution in [0.4, 0.5) is 5.69 Å². The van der Waals surface area contributed by atoms with Gasteiger partial charge in [0.1, 0.15) is 11.9 Å². The number of amides is 2. The molecule has 1 aliphatic rings. The van der Waals surface area contributed by atoms with Crippen LogP contribution >= 0.6 is 11.6 Å². The molecule has 2 amide bonds. The zero-order valence-electron chi connectivity index (χ0n) is 17.4. The van der Waals surface area contributed by atoms with E-state index in [1.54, 1.807) is 36.4 Å². The Bertz CT molecular complexity index is 1070. The maximum absolute atomic E-state index is 12.8. The molecular formula is C23H24ClN5O2. The summed E-state index contributed by atoms with van der Waals surface area (Å²) in [4.78, 5) is 29.9. The number of carbonyl (C=O) groups is 2. The van der Waals surface area contributed by atoms with Crippen molar-refractivity contribution in [1.82, 2.24) is 20.5 Å². The first-order chi connectivity index (χ1) is 14.9. The summed E-state index contributed by atoms with van der Waals surface area (Å²) in [6.07, 6.45) is 2.32. The van der Waals surface area contributed by atoms with Gasteiger partial charge in [-0.2, -0.15) is 5.10 Å². The van der Waals surface area contributed by atoms with Crippen molar-refractivity contribution in [2.75, 3.05) is 5.32 Å². The third-order valence-electron chi connectivity index (χ3n) is 5.22. The lowest BCUT2D eigenvalue weighted by Crippen LogP contribution is -2.47. The smallest absolute Gasteiger partial charge is 0.251 e. The van der Waals surface area contributed by atoms with Gasteiger partial charge in [-0.3, -0.25) is 14.7 Å². The molecule has 0 saturated heterocycles. The van der Waals surface area contributed by atoms with Gasteiger partial charge in [-0.1, -0.05) is 25.4 Å². The number of nitrogens with zero attached hydrogens (tertiary/aromatic N) is 2. The summed E-state index contributed by atoms with van der Waals surface area (Å²) < 4.78 is 0. The van der Waals surface area contributed by atoms with Gasteiger partial charge in [0.25, 0.3) is 5.91 Å². The van der Waals surface area contributed by atoms with E-state index in [1.165, 1.54) is 0 Å². The Morgan fingerprint density at radius 2 is 1.74 bits per heavy atom. The van der Waals surface area contributed by atoms with E-state index >= 15 is 0 Å². The molecule has 1 saturated carbocycles. The van der Waals surface area contributed by atoms with Crippen molar-refractivity contribution in [3.05, 3.63) is 64.9 Å². The van der Waals surface area contributed by atoms with Crippen molar-refractivity contribution in [2.24, 2.45) is 5.92 Å². The molecule has 8 heteroatoms. The molecule has 1 unspecified atom stereocenters. The summed E-state index contributed by atoms with van der Waals surface area (Å²) in [5.41, 5.74) is 1.96. The standard InChI is InChI=1S/C23H24ClN5O2/c1-13(2)19(26-22(30)16-5-9-17(24)10-6-16)23(31)25-18-11-7-15(8-12-18)21-27-20(28-29-21)14-3-4-14/h5-14,19H,3-4H2,1-2H3,(H,25,31)(H,26,30)(H,27,28,29). The first kappa shape index (κ1) is 21.1. The molecule has 7 nitrogen and oxygen atoms in total. The van der Waals surface area contributed by atoms with E-state index in [0.29, 0.717) is 28.0 Å². The van der Waals surface area contributed by atoms with Crippen LogP contribution in [-0.4, -0.2) is 33.0 Å². The number of aromatic nitrogens is 3. The van der Waals surface area contributed by atoms with Gasteiger partial charge in [-0.05, 0) is 67.3 Å². The van der Waals surface area contributed by atoms with Crippen molar-refractivity contribution < 1.29 is 9.59 Å². The van der Waals surface area contributed by atoms with Crippen LogP contribution in [0.3, 0.4) is 0 Å². The number of hydrogen-bond donors (Lipinski definition) is 3. The normalized spacial score (nSPS) is 14.3. The number of anilines is 1. The van der Waals surface area contributed by atoms with Crippen LogP contribution in [-0.2, 0) is 4.79 Å². The molecule has 1 aromatic heterocycles. The molecule has 2 aromatic carbocycles. The van der Waals surface area contributed by atoms with Crippen molar-refractivity contribution in [3.63, 3.8) is 0 Å². The van der Waals surface area contributed by atoms with E-state index in [-0.39, 0.29) is 17.7 Å². The zero-order valence-corrected chi connectivity index (χ0v) is 18.1. The van der Waals surface area contributed by atoms with E-state index in [0.717, 1.165) is 24.2 Å². The maximum atomic E-state index is 12.8. The minimum atomic E-state index is -0.683. The number of H-pyrrole nitrogens is 1.